The maximum Gasteiger partial charge on any atom is 0.120 e. The highest BCUT2D eigenvalue weighted by atomic mass is 16.5. The first-order valence-electron chi connectivity index (χ1n) is 8.55. The third kappa shape index (κ3) is 2.11. The Morgan fingerprint density at radius 3 is 2.24 bits per heavy atom. The number of hydrogen-bond donors (Lipinski definition) is 1. The van der Waals surface area contributed by atoms with E-state index in [1.807, 2.05) is 26.0 Å². The lowest BCUT2D eigenvalue weighted by atomic mass is 9.48. The molecule has 2 nitrogen and oxygen atoms in total. The number of hydrogen-bond acceptors (Lipinski definition) is 2. The Bertz CT molecular complexity index is 506. The van der Waals surface area contributed by atoms with Crippen molar-refractivity contribution in [2.24, 2.45) is 23.7 Å². The minimum absolute atomic E-state index is 0.174. The van der Waals surface area contributed by atoms with Gasteiger partial charge in [-0.05, 0) is 87.3 Å². The maximum atomic E-state index is 11.6. The normalized spacial score (nSPS) is 40.8. The van der Waals surface area contributed by atoms with Crippen LogP contribution in [0.4, 0.5) is 0 Å². The molecule has 4 fully saturated rings. The molecular formula is C19H26O2. The van der Waals surface area contributed by atoms with Gasteiger partial charge < -0.3 is 9.84 Å². The van der Waals surface area contributed by atoms with E-state index in [1.165, 1.54) is 32.1 Å². The van der Waals surface area contributed by atoms with Crippen molar-refractivity contribution < 1.29 is 9.84 Å². The van der Waals surface area contributed by atoms with Crippen molar-refractivity contribution in [2.45, 2.75) is 57.7 Å². The molecule has 0 spiro atoms. The fraction of sp³-hybridized carbons (Fsp3) is 0.684. The van der Waals surface area contributed by atoms with Crippen LogP contribution in [0.25, 0.3) is 0 Å². The molecule has 21 heavy (non-hydrogen) atoms. The second-order valence-electron chi connectivity index (χ2n) is 7.82. The Morgan fingerprint density at radius 1 is 1.05 bits per heavy atom. The van der Waals surface area contributed by atoms with Gasteiger partial charge in [0, 0.05) is 0 Å². The van der Waals surface area contributed by atoms with Crippen LogP contribution in [-0.2, 0) is 5.60 Å². The standard InChI is InChI=1S/C19H26O2/c1-12(2)21-18-5-3-4-15(11-18)19(20)16-7-13-6-14(9-16)10-17(19)8-13/h3-5,11-14,16-17,20H,6-10H2,1-2H3. The largest absolute Gasteiger partial charge is 0.491 e. The molecule has 0 saturated heterocycles. The Balaban J connectivity index is 1.68. The van der Waals surface area contributed by atoms with Crippen LogP contribution in [0, 0.1) is 23.7 Å². The number of benzene rings is 1. The van der Waals surface area contributed by atoms with E-state index in [9.17, 15) is 5.11 Å². The van der Waals surface area contributed by atoms with Crippen molar-refractivity contribution in [1.82, 2.24) is 0 Å². The average Bonchev–Trinajstić information content (AvgIpc) is 2.43. The molecule has 0 heterocycles. The van der Waals surface area contributed by atoms with Crippen molar-refractivity contribution >= 4 is 0 Å². The second kappa shape index (κ2) is 4.74. The SMILES string of the molecule is CC(C)Oc1cccc(C2(O)C3CC4CC(C3)CC2C4)c1. The van der Waals surface area contributed by atoms with Crippen molar-refractivity contribution in [3.05, 3.63) is 29.8 Å². The molecule has 4 bridgehead atoms. The van der Waals surface area contributed by atoms with Gasteiger partial charge in [0.15, 0.2) is 0 Å². The van der Waals surface area contributed by atoms with E-state index < -0.39 is 5.60 Å². The summed E-state index contributed by atoms with van der Waals surface area (Å²) in [5, 5.41) is 11.6. The van der Waals surface area contributed by atoms with E-state index in [4.69, 9.17) is 4.74 Å². The van der Waals surface area contributed by atoms with E-state index in [0.717, 1.165) is 23.1 Å². The fourth-order valence-corrected chi connectivity index (χ4v) is 5.46. The van der Waals surface area contributed by atoms with Gasteiger partial charge in [-0.1, -0.05) is 12.1 Å². The van der Waals surface area contributed by atoms with Crippen LogP contribution in [0.2, 0.25) is 0 Å². The highest BCUT2D eigenvalue weighted by Crippen LogP contribution is 2.61. The molecular weight excluding hydrogens is 260 g/mol. The highest BCUT2D eigenvalue weighted by molar-refractivity contribution is 5.35. The lowest BCUT2D eigenvalue weighted by molar-refractivity contribution is -0.179. The number of aliphatic hydroxyl groups is 1. The van der Waals surface area contributed by atoms with E-state index in [0.29, 0.717) is 11.8 Å². The molecule has 0 radical (unpaired) electrons. The van der Waals surface area contributed by atoms with Gasteiger partial charge in [0.1, 0.15) is 5.75 Å². The summed E-state index contributed by atoms with van der Waals surface area (Å²) in [6.07, 6.45) is 6.47. The van der Waals surface area contributed by atoms with E-state index in [2.05, 4.69) is 12.1 Å². The summed E-state index contributed by atoms with van der Waals surface area (Å²) in [6, 6.07) is 8.23. The van der Waals surface area contributed by atoms with Crippen LogP contribution < -0.4 is 4.74 Å². The number of ether oxygens (including phenoxy) is 1. The van der Waals surface area contributed by atoms with Crippen LogP contribution in [0.5, 0.6) is 5.75 Å². The Morgan fingerprint density at radius 2 is 1.67 bits per heavy atom. The average molecular weight is 286 g/mol. The highest BCUT2D eigenvalue weighted by Gasteiger charge is 2.57. The molecule has 2 heteroatoms. The number of rotatable bonds is 3. The van der Waals surface area contributed by atoms with Gasteiger partial charge in [-0.3, -0.25) is 0 Å². The summed E-state index contributed by atoms with van der Waals surface area (Å²) in [4.78, 5) is 0. The predicted molar refractivity (Wildman–Crippen MR) is 83.1 cm³/mol. The van der Waals surface area contributed by atoms with Crippen LogP contribution in [0.3, 0.4) is 0 Å². The molecule has 5 rings (SSSR count). The zero-order chi connectivity index (χ0) is 14.6. The zero-order valence-electron chi connectivity index (χ0n) is 13.1. The first-order valence-corrected chi connectivity index (χ1v) is 8.55. The van der Waals surface area contributed by atoms with Crippen molar-refractivity contribution in [2.75, 3.05) is 0 Å². The minimum Gasteiger partial charge on any atom is -0.491 e. The van der Waals surface area contributed by atoms with Gasteiger partial charge in [-0.25, -0.2) is 0 Å². The quantitative estimate of drug-likeness (QED) is 0.905. The molecule has 1 aromatic rings. The summed E-state index contributed by atoms with van der Waals surface area (Å²) in [5.41, 5.74) is 0.485. The van der Waals surface area contributed by atoms with Crippen LogP contribution in [-0.4, -0.2) is 11.2 Å². The Kier molecular flexibility index (Phi) is 3.08. The first-order chi connectivity index (χ1) is 10.1. The predicted octanol–water partition coefficient (Wildman–Crippen LogP) is 4.12. The zero-order valence-corrected chi connectivity index (χ0v) is 13.1. The van der Waals surface area contributed by atoms with Gasteiger partial charge in [0.05, 0.1) is 11.7 Å². The summed E-state index contributed by atoms with van der Waals surface area (Å²) in [6.45, 7) is 4.09. The molecule has 1 N–H and O–H groups in total. The van der Waals surface area contributed by atoms with Gasteiger partial charge in [-0.15, -0.1) is 0 Å². The topological polar surface area (TPSA) is 29.5 Å². The molecule has 0 atom stereocenters. The summed E-state index contributed by atoms with van der Waals surface area (Å²) < 4.78 is 5.83. The smallest absolute Gasteiger partial charge is 0.120 e. The monoisotopic (exact) mass is 286 g/mol. The van der Waals surface area contributed by atoms with Crippen LogP contribution in [0.1, 0.15) is 51.5 Å². The Labute approximate surface area is 127 Å². The van der Waals surface area contributed by atoms with Gasteiger partial charge in [-0.2, -0.15) is 0 Å². The molecule has 4 aliphatic rings. The lowest BCUT2D eigenvalue weighted by Crippen LogP contribution is -2.55. The van der Waals surface area contributed by atoms with Crippen LogP contribution in [0.15, 0.2) is 24.3 Å². The van der Waals surface area contributed by atoms with Crippen molar-refractivity contribution in [3.8, 4) is 5.75 Å². The molecule has 0 unspecified atom stereocenters. The van der Waals surface area contributed by atoms with E-state index >= 15 is 0 Å². The van der Waals surface area contributed by atoms with Gasteiger partial charge in [0.25, 0.3) is 0 Å². The molecule has 0 aliphatic heterocycles. The molecule has 114 valence electrons. The van der Waals surface area contributed by atoms with E-state index in [-0.39, 0.29) is 6.10 Å². The molecule has 0 aromatic heterocycles. The lowest BCUT2D eigenvalue weighted by Gasteiger charge is -2.59. The van der Waals surface area contributed by atoms with Crippen molar-refractivity contribution in [3.63, 3.8) is 0 Å². The van der Waals surface area contributed by atoms with E-state index in [1.54, 1.807) is 0 Å². The summed E-state index contributed by atoms with van der Waals surface area (Å²) in [5.74, 6) is 3.57. The summed E-state index contributed by atoms with van der Waals surface area (Å²) >= 11 is 0. The first kappa shape index (κ1) is 13.6. The Hall–Kier alpha value is -1.02. The fourth-order valence-electron chi connectivity index (χ4n) is 5.46. The molecule has 4 saturated carbocycles. The van der Waals surface area contributed by atoms with Crippen LogP contribution >= 0.6 is 0 Å². The maximum absolute atomic E-state index is 11.6. The van der Waals surface area contributed by atoms with Gasteiger partial charge in [0.2, 0.25) is 0 Å². The van der Waals surface area contributed by atoms with Gasteiger partial charge >= 0.3 is 0 Å². The second-order valence-corrected chi connectivity index (χ2v) is 7.82. The molecule has 4 aliphatic carbocycles. The summed E-state index contributed by atoms with van der Waals surface area (Å²) in [7, 11) is 0. The van der Waals surface area contributed by atoms with Crippen molar-refractivity contribution in [1.29, 1.82) is 0 Å². The minimum atomic E-state index is -0.607. The third-order valence-electron chi connectivity index (χ3n) is 6.05. The molecule has 0 amide bonds. The third-order valence-corrected chi connectivity index (χ3v) is 6.05. The molecule has 1 aromatic carbocycles.